The standard InChI is InChI=1S/C22H25N3O3/c1-28-20-10-6-5-9-18(20)23-13-15-24(16-14-23)22(27)19-11-12-21(26)25(19)17-7-3-2-4-8-17/h2-10,19H,11-16H2,1H3. The maximum Gasteiger partial charge on any atom is 0.245 e. The lowest BCUT2D eigenvalue weighted by Gasteiger charge is -2.38. The van der Waals surface area contributed by atoms with Crippen LogP contribution in [0.4, 0.5) is 11.4 Å². The summed E-state index contributed by atoms with van der Waals surface area (Å²) in [4.78, 5) is 31.4. The van der Waals surface area contributed by atoms with Crippen LogP contribution in [-0.2, 0) is 9.59 Å². The number of carbonyl (C=O) groups is 2. The molecule has 2 aromatic rings. The minimum atomic E-state index is -0.396. The highest BCUT2D eigenvalue weighted by Gasteiger charge is 2.39. The Morgan fingerprint density at radius 1 is 0.964 bits per heavy atom. The maximum absolute atomic E-state index is 13.2. The van der Waals surface area contributed by atoms with E-state index in [1.54, 1.807) is 12.0 Å². The molecule has 0 aliphatic carbocycles. The highest BCUT2D eigenvalue weighted by molar-refractivity contribution is 6.03. The summed E-state index contributed by atoms with van der Waals surface area (Å²) in [5.41, 5.74) is 1.86. The Kier molecular flexibility index (Phi) is 5.19. The number of anilines is 2. The lowest BCUT2D eigenvalue weighted by Crippen LogP contribution is -2.54. The van der Waals surface area contributed by atoms with E-state index >= 15 is 0 Å². The number of hydrogen-bond acceptors (Lipinski definition) is 4. The lowest BCUT2D eigenvalue weighted by atomic mass is 10.1. The van der Waals surface area contributed by atoms with Crippen LogP contribution in [0.3, 0.4) is 0 Å². The van der Waals surface area contributed by atoms with Gasteiger partial charge in [-0.15, -0.1) is 0 Å². The van der Waals surface area contributed by atoms with Crippen LogP contribution in [0.5, 0.6) is 5.75 Å². The highest BCUT2D eigenvalue weighted by atomic mass is 16.5. The van der Waals surface area contributed by atoms with E-state index in [4.69, 9.17) is 4.74 Å². The molecule has 146 valence electrons. The molecule has 4 rings (SSSR count). The quantitative estimate of drug-likeness (QED) is 0.819. The van der Waals surface area contributed by atoms with Crippen LogP contribution < -0.4 is 14.5 Å². The molecule has 2 aliphatic heterocycles. The van der Waals surface area contributed by atoms with Gasteiger partial charge in [0.2, 0.25) is 11.8 Å². The number of piperazine rings is 1. The molecule has 2 saturated heterocycles. The summed E-state index contributed by atoms with van der Waals surface area (Å²) in [6.07, 6.45) is 1.01. The first kappa shape index (κ1) is 18.3. The van der Waals surface area contributed by atoms with Gasteiger partial charge in [0.05, 0.1) is 12.8 Å². The second kappa shape index (κ2) is 7.92. The minimum absolute atomic E-state index is 0.0252. The van der Waals surface area contributed by atoms with Crippen LogP contribution >= 0.6 is 0 Å². The molecule has 0 aromatic heterocycles. The average molecular weight is 379 g/mol. The number of carbonyl (C=O) groups excluding carboxylic acids is 2. The largest absolute Gasteiger partial charge is 0.495 e. The van der Waals surface area contributed by atoms with Crippen molar-refractivity contribution in [3.63, 3.8) is 0 Å². The molecule has 6 heteroatoms. The first-order valence-electron chi connectivity index (χ1n) is 9.73. The Morgan fingerprint density at radius 3 is 2.36 bits per heavy atom. The summed E-state index contributed by atoms with van der Waals surface area (Å²) in [5.74, 6) is 0.922. The topological polar surface area (TPSA) is 53.1 Å². The van der Waals surface area contributed by atoms with Crippen molar-refractivity contribution >= 4 is 23.2 Å². The van der Waals surface area contributed by atoms with Gasteiger partial charge in [-0.2, -0.15) is 0 Å². The summed E-state index contributed by atoms with van der Waals surface area (Å²) >= 11 is 0. The van der Waals surface area contributed by atoms with E-state index < -0.39 is 6.04 Å². The van der Waals surface area contributed by atoms with E-state index in [-0.39, 0.29) is 11.8 Å². The molecule has 28 heavy (non-hydrogen) atoms. The summed E-state index contributed by atoms with van der Waals surface area (Å²) in [6, 6.07) is 17.0. The third-order valence-electron chi connectivity index (χ3n) is 5.55. The second-order valence-corrected chi connectivity index (χ2v) is 7.14. The number of rotatable bonds is 4. The molecule has 2 fully saturated rings. The molecule has 0 bridgehead atoms. The zero-order valence-corrected chi connectivity index (χ0v) is 16.1. The predicted molar refractivity (Wildman–Crippen MR) is 109 cm³/mol. The monoisotopic (exact) mass is 379 g/mol. The zero-order chi connectivity index (χ0) is 19.5. The Labute approximate surface area is 165 Å². The number of para-hydroxylation sites is 3. The number of benzene rings is 2. The first-order chi connectivity index (χ1) is 13.7. The van der Waals surface area contributed by atoms with Crippen molar-refractivity contribution < 1.29 is 14.3 Å². The van der Waals surface area contributed by atoms with Gasteiger partial charge in [-0.25, -0.2) is 0 Å². The van der Waals surface area contributed by atoms with Gasteiger partial charge in [-0.3, -0.25) is 14.5 Å². The van der Waals surface area contributed by atoms with Crippen molar-refractivity contribution in [3.8, 4) is 5.75 Å². The molecule has 2 heterocycles. The van der Waals surface area contributed by atoms with E-state index in [1.807, 2.05) is 59.5 Å². The Bertz CT molecular complexity index is 847. The maximum atomic E-state index is 13.2. The summed E-state index contributed by atoms with van der Waals surface area (Å²) in [6.45, 7) is 2.78. The molecule has 1 unspecified atom stereocenters. The normalized spacial score (nSPS) is 19.8. The Balaban J connectivity index is 1.44. The van der Waals surface area contributed by atoms with Crippen LogP contribution in [0.25, 0.3) is 0 Å². The highest BCUT2D eigenvalue weighted by Crippen LogP contribution is 2.30. The number of amides is 2. The Hall–Kier alpha value is -3.02. The van der Waals surface area contributed by atoms with Crippen molar-refractivity contribution in [2.45, 2.75) is 18.9 Å². The van der Waals surface area contributed by atoms with Crippen molar-refractivity contribution in [2.75, 3.05) is 43.1 Å². The third kappa shape index (κ3) is 3.42. The molecule has 0 spiro atoms. The zero-order valence-electron chi connectivity index (χ0n) is 16.1. The van der Waals surface area contributed by atoms with Gasteiger partial charge < -0.3 is 14.5 Å². The van der Waals surface area contributed by atoms with Gasteiger partial charge in [-0.1, -0.05) is 30.3 Å². The SMILES string of the molecule is COc1ccccc1N1CCN(C(=O)C2CCC(=O)N2c2ccccc2)CC1. The van der Waals surface area contributed by atoms with E-state index in [1.165, 1.54) is 0 Å². The fourth-order valence-corrected chi connectivity index (χ4v) is 4.10. The fraction of sp³-hybridized carbons (Fsp3) is 0.364. The van der Waals surface area contributed by atoms with Gasteiger partial charge in [0.15, 0.2) is 0 Å². The summed E-state index contributed by atoms with van der Waals surface area (Å²) in [5, 5.41) is 0. The van der Waals surface area contributed by atoms with E-state index in [0.29, 0.717) is 25.9 Å². The number of ether oxygens (including phenoxy) is 1. The molecule has 0 saturated carbocycles. The molecular weight excluding hydrogens is 354 g/mol. The van der Waals surface area contributed by atoms with Crippen LogP contribution in [0.15, 0.2) is 54.6 Å². The predicted octanol–water partition coefficient (Wildman–Crippen LogP) is 2.54. The minimum Gasteiger partial charge on any atom is -0.495 e. The molecule has 0 N–H and O–H groups in total. The molecule has 2 aliphatic rings. The van der Waals surface area contributed by atoms with Crippen LogP contribution in [-0.4, -0.2) is 56.0 Å². The van der Waals surface area contributed by atoms with Gasteiger partial charge in [-0.05, 0) is 30.7 Å². The number of nitrogens with zero attached hydrogens (tertiary/aromatic N) is 3. The van der Waals surface area contributed by atoms with E-state index in [9.17, 15) is 9.59 Å². The number of hydrogen-bond donors (Lipinski definition) is 0. The van der Waals surface area contributed by atoms with Gasteiger partial charge in [0, 0.05) is 38.3 Å². The fourth-order valence-electron chi connectivity index (χ4n) is 4.10. The van der Waals surface area contributed by atoms with Gasteiger partial charge in [0.1, 0.15) is 11.8 Å². The van der Waals surface area contributed by atoms with Gasteiger partial charge in [0.25, 0.3) is 0 Å². The van der Waals surface area contributed by atoms with E-state index in [2.05, 4.69) is 4.90 Å². The molecule has 2 aromatic carbocycles. The van der Waals surface area contributed by atoms with Crippen molar-refractivity contribution in [1.29, 1.82) is 0 Å². The van der Waals surface area contributed by atoms with Crippen LogP contribution in [0.2, 0.25) is 0 Å². The van der Waals surface area contributed by atoms with Crippen LogP contribution in [0.1, 0.15) is 12.8 Å². The second-order valence-electron chi connectivity index (χ2n) is 7.14. The molecule has 6 nitrogen and oxygen atoms in total. The van der Waals surface area contributed by atoms with E-state index in [0.717, 1.165) is 30.2 Å². The van der Waals surface area contributed by atoms with Crippen molar-refractivity contribution in [2.24, 2.45) is 0 Å². The third-order valence-corrected chi connectivity index (χ3v) is 5.55. The first-order valence-corrected chi connectivity index (χ1v) is 9.73. The van der Waals surface area contributed by atoms with Crippen molar-refractivity contribution in [3.05, 3.63) is 54.6 Å². The Morgan fingerprint density at radius 2 is 1.64 bits per heavy atom. The average Bonchev–Trinajstić information content (AvgIpc) is 3.15. The van der Waals surface area contributed by atoms with Crippen LogP contribution in [0, 0.1) is 0 Å². The number of methoxy groups -OCH3 is 1. The lowest BCUT2D eigenvalue weighted by molar-refractivity contribution is -0.133. The molecular formula is C22H25N3O3. The molecule has 1 atom stereocenters. The smallest absolute Gasteiger partial charge is 0.245 e. The van der Waals surface area contributed by atoms with Gasteiger partial charge >= 0.3 is 0 Å². The summed E-state index contributed by atoms with van der Waals surface area (Å²) in [7, 11) is 1.67. The van der Waals surface area contributed by atoms with Crippen molar-refractivity contribution in [1.82, 2.24) is 4.90 Å². The molecule has 0 radical (unpaired) electrons. The summed E-state index contributed by atoms with van der Waals surface area (Å²) < 4.78 is 5.46. The molecule has 2 amide bonds.